The third kappa shape index (κ3) is 0.711. The van der Waals surface area contributed by atoms with E-state index in [0.29, 0.717) is 11.0 Å². The fourth-order valence-electron chi connectivity index (χ4n) is 1.56. The summed E-state index contributed by atoms with van der Waals surface area (Å²) in [5, 5.41) is 15.4. The maximum absolute atomic E-state index is 11.4. The van der Waals surface area contributed by atoms with Crippen LogP contribution in [0.3, 0.4) is 0 Å². The van der Waals surface area contributed by atoms with E-state index in [1.807, 2.05) is 6.07 Å². The largest absolute Gasteiger partial charge is 0.840 e. The van der Waals surface area contributed by atoms with Crippen LogP contribution >= 0.6 is 0 Å². The summed E-state index contributed by atoms with van der Waals surface area (Å²) in [5.41, 5.74) is 1.29. The van der Waals surface area contributed by atoms with Gasteiger partial charge < -0.3 is 5.11 Å². The molecular weight excluding hydrogens is 182 g/mol. The number of nitrogens with zero attached hydrogens (tertiary/aromatic N) is 3. The van der Waals surface area contributed by atoms with E-state index in [4.69, 9.17) is 0 Å². The Morgan fingerprint density at radius 3 is 3.00 bits per heavy atom. The average Bonchev–Trinajstić information content (AvgIpc) is 2.66. The molecule has 5 heteroatoms. The Hall–Kier alpha value is -2.17. The topological polar surface area (TPSA) is 61.8 Å². The van der Waals surface area contributed by atoms with Crippen LogP contribution < -0.4 is 9.79 Å². The zero-order chi connectivity index (χ0) is 9.71. The Balaban J connectivity index is 2.50. The van der Waals surface area contributed by atoms with Crippen LogP contribution in [-0.2, 0) is 0 Å². The van der Waals surface area contributed by atoms with Crippen LogP contribution in [0.2, 0.25) is 0 Å². The van der Waals surface area contributed by atoms with E-state index < -0.39 is 5.91 Å². The zero-order valence-electron chi connectivity index (χ0n) is 7.04. The molecule has 0 spiro atoms. The quantitative estimate of drug-likeness (QED) is 0.504. The summed E-state index contributed by atoms with van der Waals surface area (Å²) in [6, 6.07) is 7.12. The minimum Gasteiger partial charge on any atom is -0.840 e. The smallest absolute Gasteiger partial charge is 0.333 e. The number of aromatic nitrogens is 3. The van der Waals surface area contributed by atoms with E-state index in [0.717, 1.165) is 10.9 Å². The second kappa shape index (κ2) is 2.20. The molecule has 0 saturated heterocycles. The summed E-state index contributed by atoms with van der Waals surface area (Å²) in [4.78, 5) is 12.3. The Kier molecular flexibility index (Phi) is 1.14. The molecule has 5 nitrogen and oxygen atoms in total. The highest BCUT2D eigenvalue weighted by Gasteiger charge is 2.27. The Bertz CT molecular complexity index is 583. The summed E-state index contributed by atoms with van der Waals surface area (Å²) < 4.78 is 1.26. The predicted molar refractivity (Wildman–Crippen MR) is 44.8 cm³/mol. The number of carbonyl (C=O) groups excluding carboxylic acids is 1. The number of fused-ring (bicyclic) bond motifs is 3. The van der Waals surface area contributed by atoms with Gasteiger partial charge in [0, 0.05) is 10.9 Å². The molecule has 0 bridgehead atoms. The number of allylic oxidation sites excluding steroid dienone is 1. The monoisotopic (exact) mass is 187 g/mol. The lowest BCUT2D eigenvalue weighted by atomic mass is 10.3. The molecule has 0 N–H and O–H groups in total. The minimum absolute atomic E-state index is 0.344. The van der Waals surface area contributed by atoms with Crippen LogP contribution in [0, 0.1) is 0 Å². The molecular formula is C9H5N3O2. The lowest BCUT2D eigenvalue weighted by Crippen LogP contribution is -2.44. The fraction of sp³-hybridized carbons (Fsp3) is 0. The molecule has 0 saturated carbocycles. The van der Waals surface area contributed by atoms with Crippen molar-refractivity contribution in [2.45, 2.75) is 0 Å². The lowest BCUT2D eigenvalue weighted by Gasteiger charge is -1.99. The summed E-state index contributed by atoms with van der Waals surface area (Å²) >= 11 is 0. The first-order valence-corrected chi connectivity index (χ1v) is 4.11. The first-order chi connectivity index (χ1) is 6.77. The molecule has 0 atom stereocenters. The van der Waals surface area contributed by atoms with E-state index in [9.17, 15) is 9.90 Å². The van der Waals surface area contributed by atoms with Gasteiger partial charge in [-0.2, -0.15) is 0 Å². The van der Waals surface area contributed by atoms with Gasteiger partial charge in [0.1, 0.15) is 0 Å². The van der Waals surface area contributed by atoms with Crippen molar-refractivity contribution >= 4 is 22.8 Å². The Morgan fingerprint density at radius 2 is 2.14 bits per heavy atom. The molecule has 0 amide bonds. The number of benzene rings is 1. The van der Waals surface area contributed by atoms with Crippen LogP contribution in [0.5, 0.6) is 0 Å². The zero-order valence-corrected chi connectivity index (χ0v) is 7.04. The van der Waals surface area contributed by atoms with Gasteiger partial charge in [-0.15, -0.1) is 4.68 Å². The molecule has 2 heterocycles. The lowest BCUT2D eigenvalue weighted by molar-refractivity contribution is -0.693. The summed E-state index contributed by atoms with van der Waals surface area (Å²) in [5.74, 6) is -0.741. The van der Waals surface area contributed by atoms with Crippen molar-refractivity contribution in [1.82, 2.24) is 9.90 Å². The molecule has 0 fully saturated rings. The van der Waals surface area contributed by atoms with Gasteiger partial charge in [0.15, 0.2) is 0 Å². The normalized spacial score (nSPS) is 14.6. The first-order valence-electron chi connectivity index (χ1n) is 4.11. The molecule has 0 unspecified atom stereocenters. The van der Waals surface area contributed by atoms with Gasteiger partial charge in [-0.3, -0.25) is 4.79 Å². The summed E-state index contributed by atoms with van der Waals surface area (Å²) in [6.45, 7) is 0. The predicted octanol–water partition coefficient (Wildman–Crippen LogP) is -0.864. The molecule has 68 valence electrons. The molecule has 2 aromatic rings. The van der Waals surface area contributed by atoms with Crippen molar-refractivity contribution in [1.29, 1.82) is 0 Å². The van der Waals surface area contributed by atoms with Crippen molar-refractivity contribution in [3.8, 4) is 0 Å². The van der Waals surface area contributed by atoms with E-state index >= 15 is 0 Å². The molecule has 0 aliphatic carbocycles. The van der Waals surface area contributed by atoms with Gasteiger partial charge >= 0.3 is 5.91 Å². The average molecular weight is 187 g/mol. The van der Waals surface area contributed by atoms with Crippen molar-refractivity contribution in [3.05, 3.63) is 30.3 Å². The van der Waals surface area contributed by atoms with Crippen LogP contribution in [0.1, 0.15) is 4.79 Å². The van der Waals surface area contributed by atoms with Gasteiger partial charge in [-0.1, -0.05) is 12.1 Å². The van der Waals surface area contributed by atoms with E-state index in [2.05, 4.69) is 5.10 Å². The first kappa shape index (κ1) is 7.25. The molecule has 1 aromatic heterocycles. The number of hydrogen-bond acceptors (Lipinski definition) is 3. The van der Waals surface area contributed by atoms with E-state index in [1.54, 1.807) is 18.2 Å². The highest BCUT2D eigenvalue weighted by atomic mass is 16.3. The van der Waals surface area contributed by atoms with Gasteiger partial charge in [0.25, 0.3) is 0 Å². The van der Waals surface area contributed by atoms with Crippen molar-refractivity contribution < 1.29 is 14.6 Å². The van der Waals surface area contributed by atoms with Crippen LogP contribution in [0.25, 0.3) is 16.9 Å². The summed E-state index contributed by atoms with van der Waals surface area (Å²) in [7, 11) is 0. The number of hydrogen-bond donors (Lipinski definition) is 0. The third-order valence-corrected chi connectivity index (χ3v) is 2.15. The second-order valence-corrected chi connectivity index (χ2v) is 3.01. The number of carbonyl (C=O) groups is 1. The maximum Gasteiger partial charge on any atom is 0.333 e. The second-order valence-electron chi connectivity index (χ2n) is 3.01. The van der Waals surface area contributed by atoms with Crippen LogP contribution in [-0.4, -0.2) is 15.8 Å². The van der Waals surface area contributed by atoms with Gasteiger partial charge in [-0.05, 0) is 12.1 Å². The van der Waals surface area contributed by atoms with Gasteiger partial charge in [0.2, 0.25) is 11.0 Å². The number of para-hydroxylation sites is 1. The maximum atomic E-state index is 11.4. The molecule has 0 radical (unpaired) electrons. The van der Waals surface area contributed by atoms with Crippen molar-refractivity contribution in [2.75, 3.05) is 0 Å². The molecule has 1 aliphatic rings. The molecule has 14 heavy (non-hydrogen) atoms. The van der Waals surface area contributed by atoms with Crippen molar-refractivity contribution in [2.24, 2.45) is 0 Å². The Labute approximate surface area is 78.5 Å². The highest BCUT2D eigenvalue weighted by Crippen LogP contribution is 2.09. The van der Waals surface area contributed by atoms with E-state index in [1.165, 1.54) is 4.68 Å². The van der Waals surface area contributed by atoms with Gasteiger partial charge in [-0.25, -0.2) is 0 Å². The van der Waals surface area contributed by atoms with Crippen LogP contribution in [0.4, 0.5) is 0 Å². The fourth-order valence-corrected chi connectivity index (χ4v) is 1.56. The number of rotatable bonds is 0. The SMILES string of the molecule is O=C1C=C([O-])[n+]2c3ccccc3nn21. The standard InChI is InChI=1S/C9H5N3O2/c13-8-5-9(14)12-10-6-3-1-2-4-7(6)11(8)12/h1-5H. The molecule has 1 aromatic carbocycles. The Morgan fingerprint density at radius 1 is 1.36 bits per heavy atom. The third-order valence-electron chi connectivity index (χ3n) is 2.15. The summed E-state index contributed by atoms with van der Waals surface area (Å²) in [6.07, 6.45) is 1.03. The molecule has 1 aliphatic heterocycles. The van der Waals surface area contributed by atoms with Crippen LogP contribution in [0.15, 0.2) is 30.3 Å². The molecule has 3 rings (SSSR count). The van der Waals surface area contributed by atoms with Crippen molar-refractivity contribution in [3.63, 3.8) is 0 Å². The van der Waals surface area contributed by atoms with Gasteiger partial charge in [0.05, 0.1) is 11.0 Å². The minimum atomic E-state index is -0.397. The van der Waals surface area contributed by atoms with E-state index in [-0.39, 0.29) is 5.88 Å². The highest BCUT2D eigenvalue weighted by molar-refractivity contribution is 5.93.